The number of benzene rings is 1. The minimum atomic E-state index is -1.95. The van der Waals surface area contributed by atoms with Crippen molar-refractivity contribution in [1.82, 2.24) is 73.2 Å². The van der Waals surface area contributed by atoms with Crippen LogP contribution in [0.1, 0.15) is 110 Å². The number of rotatable bonds is 14. The van der Waals surface area contributed by atoms with E-state index in [1.165, 1.54) is 36.1 Å². The van der Waals surface area contributed by atoms with Gasteiger partial charge in [0.2, 0.25) is 94.5 Å². The van der Waals surface area contributed by atoms with Gasteiger partial charge in [0.15, 0.2) is 0 Å². The smallest absolute Gasteiger partial charge is 0.303 e. The second-order valence-corrected chi connectivity index (χ2v) is 27.8. The monoisotopic (exact) mass is 1460 g/mol. The number of phenolic OH excluding ortho intramolecular Hbond substituents is 1. The molecule has 37 nitrogen and oxygen atoms in total. The van der Waals surface area contributed by atoms with E-state index >= 15 is 0 Å². The summed E-state index contributed by atoms with van der Waals surface area (Å²) < 4.78 is 0. The largest absolute Gasteiger partial charge is 0.508 e. The molecule has 5 saturated heterocycles. The van der Waals surface area contributed by atoms with E-state index in [0.29, 0.717) is 0 Å². The normalized spacial score (nSPS) is 28.9. The van der Waals surface area contributed by atoms with Crippen LogP contribution in [0.5, 0.6) is 5.75 Å². The number of phenols is 1. The minimum absolute atomic E-state index is 0.00692. The van der Waals surface area contributed by atoms with Gasteiger partial charge < -0.3 is 105 Å². The number of amides is 16. The Labute approximate surface area is 587 Å². The topological polar surface area (TPSA) is 565 Å². The van der Waals surface area contributed by atoms with Gasteiger partial charge in [-0.05, 0) is 81.9 Å². The number of carboxylic acids is 1. The Kier molecular flexibility index (Phi) is 30.2. The molecular formula is C62H90N16O21S2. The molecule has 15 atom stereocenters. The summed E-state index contributed by atoms with van der Waals surface area (Å²) in [6.07, 6.45) is -4.48. The summed E-state index contributed by atoms with van der Waals surface area (Å²) in [5.41, 5.74) is 11.4. The highest BCUT2D eigenvalue weighted by Crippen LogP contribution is 2.29. The Morgan fingerprint density at radius 2 is 0.980 bits per heavy atom. The van der Waals surface area contributed by atoms with Crippen molar-refractivity contribution in [1.29, 1.82) is 0 Å². The third kappa shape index (κ3) is 22.6. The zero-order valence-corrected chi connectivity index (χ0v) is 57.8. The molecule has 16 amide bonds. The zero-order chi connectivity index (χ0) is 74.5. The summed E-state index contributed by atoms with van der Waals surface area (Å²) in [5.74, 6) is -20.4. The van der Waals surface area contributed by atoms with Gasteiger partial charge >= 0.3 is 5.97 Å². The lowest BCUT2D eigenvalue weighted by Crippen LogP contribution is -2.62. The molecule has 39 heteroatoms. The van der Waals surface area contributed by atoms with Crippen LogP contribution in [0.25, 0.3) is 0 Å². The zero-order valence-electron chi connectivity index (χ0n) is 56.2. The number of hydrogen-bond donors (Lipinski definition) is 17. The fourth-order valence-corrected chi connectivity index (χ4v) is 14.4. The molecule has 1 unspecified atom stereocenters. The molecule has 0 spiro atoms. The number of nitrogens with one attached hydrogen (secondary N) is 11. The lowest BCUT2D eigenvalue weighted by Gasteiger charge is -2.34. The van der Waals surface area contributed by atoms with Crippen molar-refractivity contribution >= 4 is 122 Å². The summed E-state index contributed by atoms with van der Waals surface area (Å²) in [7, 11) is 1.52. The number of primary amides is 2. The molecule has 0 saturated carbocycles. The lowest BCUT2D eigenvalue weighted by atomic mass is 9.97. The molecule has 0 radical (unpaired) electrons. The fourth-order valence-electron chi connectivity index (χ4n) is 12.1. The summed E-state index contributed by atoms with van der Waals surface area (Å²) in [5, 5.41) is 68.2. The maximum atomic E-state index is 14.9. The van der Waals surface area contributed by atoms with Crippen LogP contribution in [-0.2, 0) is 87.9 Å². The first-order valence-electron chi connectivity index (χ1n) is 33.2. The standard InChI is InChI=1S/C62H90N16O21S2/c1-5-29(3)48-58(95)72-40-28-101-100-27-39(73-59(96)49(30(4)80)74-46(84)25-65-50(87)36(23-44(63)82)69-56(93)41-10-7-19-76(41)61(98)37(24-45(64)83)70-55(40)92)54(91)68-35(22-31-13-15-32(81)16-14-31)52(89)66-33(6-2)51(88)71-38(26-79)53(90)67-34(17-18-47(85)86)60(97)78-21-9-12-43(78)62(99)77-20-8-11-42(77)57(94)75-48/h13-16,29-30,33-43,48-49,79-81H,5-12,17-28H2,1-4H3,(H2,63,82)(H2,64,83)(H,65,87)(H,66,89)(H,67,90)(H,68,91)(H,69,93)(H,70,92)(H,71,88)(H,72,95)(H,73,96)(H,74,84)(H,75,94)(H,85,86)/t29-,30+,33?,34-,35-,36-,37-,38-,39-,40-,41-,42-,43-,48-,49-/m0/s1. The highest BCUT2D eigenvalue weighted by Gasteiger charge is 2.47. The van der Waals surface area contributed by atoms with Crippen molar-refractivity contribution in [3.05, 3.63) is 29.8 Å². The van der Waals surface area contributed by atoms with Crippen molar-refractivity contribution in [3.8, 4) is 5.75 Å². The molecular weight excluding hydrogens is 1370 g/mol. The molecule has 1 aromatic rings. The molecule has 0 aliphatic carbocycles. The van der Waals surface area contributed by atoms with Gasteiger partial charge in [-0.1, -0.05) is 60.9 Å². The van der Waals surface area contributed by atoms with Crippen LogP contribution in [-0.4, -0.2) is 265 Å². The van der Waals surface area contributed by atoms with E-state index in [1.54, 1.807) is 13.8 Å². The van der Waals surface area contributed by atoms with Crippen LogP contribution in [0.3, 0.4) is 0 Å². The summed E-state index contributed by atoms with van der Waals surface area (Å²) in [6, 6.07) is -16.2. The quantitative estimate of drug-likeness (QED) is 0.0770. The molecule has 1 aromatic carbocycles. The van der Waals surface area contributed by atoms with Crippen LogP contribution in [0.15, 0.2) is 24.3 Å². The van der Waals surface area contributed by atoms with E-state index in [1.807, 2.05) is 0 Å². The van der Waals surface area contributed by atoms with Gasteiger partial charge in [-0.25, -0.2) is 0 Å². The third-order valence-electron chi connectivity index (χ3n) is 17.8. The van der Waals surface area contributed by atoms with Crippen LogP contribution in [0.4, 0.5) is 0 Å². The first-order valence-corrected chi connectivity index (χ1v) is 35.7. The SMILES string of the molecule is CCC1NC(=O)[C@H](Cc2ccc(O)cc2)NC(=O)[C@@H]2CSSC[C@H](NC(=O)[C@H]([C@@H](C)CC)NC(=O)[C@@H]3CCCN3C(=O)[C@@H]3CCCN3C(=O)[C@H](CCC(=O)O)NC(=O)[C@H](CO)NC1=O)C(=O)N[C@@H](CC(N)=O)C(=O)N1CCC[C@H]1C(=O)N[C@@H](CC(N)=O)C(=O)NCC(=O)N[C@@H]([C@@H](C)O)C(=O)N2. The number of aliphatic hydroxyl groups excluding tert-OH is 2. The third-order valence-corrected chi connectivity index (χ3v) is 20.2. The van der Waals surface area contributed by atoms with Gasteiger partial charge in [0.1, 0.15) is 84.3 Å². The predicted octanol–water partition coefficient (Wildman–Crippen LogP) is -7.27. The van der Waals surface area contributed by atoms with Crippen LogP contribution in [0, 0.1) is 5.92 Å². The molecule has 19 N–H and O–H groups in total. The van der Waals surface area contributed by atoms with Gasteiger partial charge in [-0.2, -0.15) is 0 Å². The molecule has 5 fully saturated rings. The molecule has 5 aliphatic rings. The van der Waals surface area contributed by atoms with E-state index in [2.05, 4.69) is 58.5 Å². The lowest BCUT2D eigenvalue weighted by molar-refractivity contribution is -0.148. The number of aliphatic carboxylic acids is 1. The van der Waals surface area contributed by atoms with Crippen molar-refractivity contribution < 1.29 is 102 Å². The van der Waals surface area contributed by atoms with Crippen molar-refractivity contribution in [2.75, 3.05) is 44.3 Å². The Hall–Kier alpha value is -9.37. The van der Waals surface area contributed by atoms with Crippen LogP contribution < -0.4 is 70.0 Å². The Bertz CT molecular complexity index is 3300. The summed E-state index contributed by atoms with van der Waals surface area (Å²) in [4.78, 5) is 242. The number of nitrogens with zero attached hydrogens (tertiary/aromatic N) is 3. The van der Waals surface area contributed by atoms with Gasteiger partial charge in [-0.3, -0.25) is 81.5 Å². The van der Waals surface area contributed by atoms with Crippen LogP contribution in [0.2, 0.25) is 0 Å². The van der Waals surface area contributed by atoms with Crippen molar-refractivity contribution in [2.24, 2.45) is 17.4 Å². The maximum Gasteiger partial charge on any atom is 0.303 e. The highest BCUT2D eigenvalue weighted by molar-refractivity contribution is 8.76. The molecule has 101 heavy (non-hydrogen) atoms. The summed E-state index contributed by atoms with van der Waals surface area (Å²) >= 11 is 0. The van der Waals surface area contributed by atoms with Crippen molar-refractivity contribution in [2.45, 2.75) is 196 Å². The fraction of sp³-hybridized carbons (Fsp3) is 0.629. The van der Waals surface area contributed by atoms with E-state index in [9.17, 15) is 102 Å². The van der Waals surface area contributed by atoms with E-state index in [4.69, 9.17) is 11.5 Å². The van der Waals surface area contributed by atoms with Gasteiger partial charge in [0, 0.05) is 44.0 Å². The van der Waals surface area contributed by atoms with E-state index in [0.717, 1.165) is 38.3 Å². The Morgan fingerprint density at radius 1 is 0.525 bits per heavy atom. The summed E-state index contributed by atoms with van der Waals surface area (Å²) in [6.45, 7) is 3.47. The van der Waals surface area contributed by atoms with Gasteiger partial charge in [0.25, 0.3) is 0 Å². The van der Waals surface area contributed by atoms with Gasteiger partial charge in [-0.15, -0.1) is 0 Å². The molecule has 5 aliphatic heterocycles. The number of carbonyl (C=O) groups is 17. The van der Waals surface area contributed by atoms with Crippen molar-refractivity contribution in [3.63, 3.8) is 0 Å². The van der Waals surface area contributed by atoms with Crippen LogP contribution >= 0.6 is 21.6 Å². The number of carbonyl (C=O) groups excluding carboxylic acids is 16. The molecule has 6 rings (SSSR count). The number of nitrogens with two attached hydrogens (primary N) is 2. The van der Waals surface area contributed by atoms with E-state index < -0.39 is 248 Å². The molecule has 5 heterocycles. The predicted molar refractivity (Wildman–Crippen MR) is 356 cm³/mol. The number of carboxylic acid groups (broad SMARTS) is 1. The minimum Gasteiger partial charge on any atom is -0.508 e. The second kappa shape index (κ2) is 37.9. The number of aromatic hydroxyl groups is 1. The number of aliphatic hydroxyl groups is 2. The molecule has 0 aromatic heterocycles. The van der Waals surface area contributed by atoms with Gasteiger partial charge in [0.05, 0.1) is 32.1 Å². The Morgan fingerprint density at radius 3 is 1.51 bits per heavy atom. The maximum absolute atomic E-state index is 14.9. The Balaban J connectivity index is 1.49. The highest BCUT2D eigenvalue weighted by atomic mass is 33.1. The van der Waals surface area contributed by atoms with E-state index in [-0.39, 0.29) is 82.3 Å². The number of hydrogen-bond acceptors (Lipinski definition) is 22. The second-order valence-electron chi connectivity index (χ2n) is 25.2. The molecule has 2 bridgehead atoms. The average Bonchev–Trinajstić information content (AvgIpc) is 1.70. The molecule has 556 valence electrons. The first-order chi connectivity index (χ1) is 47.8. The number of fused-ring (bicyclic) bond motifs is 8. The average molecular weight is 1460 g/mol. The first kappa shape index (κ1) is 80.6.